The molecule has 0 atom stereocenters. The molecule has 0 spiro atoms. The Morgan fingerprint density at radius 3 is 2.60 bits per heavy atom. The Balaban J connectivity index is 2.36. The molecule has 0 aliphatic rings. The molecular formula is C18H17ClN2O3S. The summed E-state index contributed by atoms with van der Waals surface area (Å²) < 4.78 is 1.25. The van der Waals surface area contributed by atoms with Crippen LogP contribution in [0, 0.1) is 13.8 Å². The molecule has 5 nitrogen and oxygen atoms in total. The fourth-order valence-corrected chi connectivity index (χ4v) is 3.97. The second-order valence-electron chi connectivity index (χ2n) is 6.46. The first-order valence-electron chi connectivity index (χ1n) is 7.66. The first kappa shape index (κ1) is 17.6. The number of hydrogen-bond donors (Lipinski definition) is 1. The lowest BCUT2D eigenvalue weighted by Crippen LogP contribution is -2.44. The van der Waals surface area contributed by atoms with Crippen LogP contribution in [0.2, 0.25) is 5.02 Å². The molecule has 2 heterocycles. The van der Waals surface area contributed by atoms with Crippen molar-refractivity contribution in [2.45, 2.75) is 33.2 Å². The Labute approximate surface area is 153 Å². The first-order valence-corrected chi connectivity index (χ1v) is 8.91. The van der Waals surface area contributed by atoms with E-state index in [0.29, 0.717) is 21.1 Å². The van der Waals surface area contributed by atoms with Gasteiger partial charge in [0.1, 0.15) is 16.2 Å². The number of carbonyl (C=O) groups is 1. The highest BCUT2D eigenvalue weighted by Gasteiger charge is 2.33. The fourth-order valence-electron chi connectivity index (χ4n) is 2.87. The quantitative estimate of drug-likeness (QED) is 0.743. The van der Waals surface area contributed by atoms with Crippen LogP contribution in [0.15, 0.2) is 28.4 Å². The number of hydrogen-bond acceptors (Lipinski definition) is 4. The molecule has 0 aliphatic carbocycles. The van der Waals surface area contributed by atoms with E-state index >= 15 is 0 Å². The second-order valence-corrected chi connectivity index (χ2v) is 7.72. The van der Waals surface area contributed by atoms with E-state index in [2.05, 4.69) is 4.98 Å². The summed E-state index contributed by atoms with van der Waals surface area (Å²) in [4.78, 5) is 29.8. The lowest BCUT2D eigenvalue weighted by atomic mass is 10.0. The van der Waals surface area contributed by atoms with E-state index < -0.39 is 11.5 Å². The van der Waals surface area contributed by atoms with Gasteiger partial charge in [0.05, 0.1) is 5.39 Å². The number of aryl methyl sites for hydroxylation is 2. The molecule has 0 saturated carbocycles. The highest BCUT2D eigenvalue weighted by molar-refractivity contribution is 7.17. The van der Waals surface area contributed by atoms with Crippen molar-refractivity contribution < 1.29 is 9.90 Å². The first-order chi connectivity index (χ1) is 11.6. The van der Waals surface area contributed by atoms with Crippen LogP contribution in [-0.4, -0.2) is 20.6 Å². The molecule has 0 radical (unpaired) electrons. The van der Waals surface area contributed by atoms with Crippen LogP contribution in [0.1, 0.15) is 25.2 Å². The van der Waals surface area contributed by atoms with Gasteiger partial charge in [-0.15, -0.1) is 11.3 Å². The smallest absolute Gasteiger partial charge is 0.329 e. The molecule has 7 heteroatoms. The number of carboxylic acids is 1. The van der Waals surface area contributed by atoms with Crippen molar-refractivity contribution in [3.8, 4) is 11.1 Å². The number of carboxylic acid groups (broad SMARTS) is 1. The normalized spacial score (nSPS) is 11.9. The van der Waals surface area contributed by atoms with E-state index in [-0.39, 0.29) is 5.56 Å². The predicted molar refractivity (Wildman–Crippen MR) is 101 cm³/mol. The van der Waals surface area contributed by atoms with Gasteiger partial charge in [-0.1, -0.05) is 17.7 Å². The molecule has 3 aromatic rings. The summed E-state index contributed by atoms with van der Waals surface area (Å²) in [6.45, 7) is 6.54. The average Bonchev–Trinajstić information content (AvgIpc) is 2.93. The molecule has 0 amide bonds. The third kappa shape index (κ3) is 2.75. The largest absolute Gasteiger partial charge is 0.480 e. The molecule has 25 heavy (non-hydrogen) atoms. The summed E-state index contributed by atoms with van der Waals surface area (Å²) in [7, 11) is 0. The molecule has 1 aromatic carbocycles. The van der Waals surface area contributed by atoms with Gasteiger partial charge in [-0.3, -0.25) is 9.36 Å². The number of rotatable bonds is 3. The molecule has 0 saturated heterocycles. The molecule has 0 bridgehead atoms. The minimum atomic E-state index is -1.39. The summed E-state index contributed by atoms with van der Waals surface area (Å²) >= 11 is 7.46. The van der Waals surface area contributed by atoms with Crippen LogP contribution in [0.4, 0.5) is 0 Å². The lowest BCUT2D eigenvalue weighted by Gasteiger charge is -2.24. The van der Waals surface area contributed by atoms with Crippen molar-refractivity contribution in [3.63, 3.8) is 0 Å². The number of nitrogens with zero attached hydrogens (tertiary/aromatic N) is 2. The summed E-state index contributed by atoms with van der Waals surface area (Å²) in [5, 5.41) is 12.5. The van der Waals surface area contributed by atoms with Crippen LogP contribution >= 0.6 is 22.9 Å². The molecule has 3 rings (SSSR count). The third-order valence-corrected chi connectivity index (χ3v) is 5.62. The van der Waals surface area contributed by atoms with E-state index in [4.69, 9.17) is 11.6 Å². The maximum Gasteiger partial charge on any atom is 0.329 e. The van der Waals surface area contributed by atoms with Gasteiger partial charge in [0.2, 0.25) is 0 Å². The van der Waals surface area contributed by atoms with E-state index in [9.17, 15) is 14.7 Å². The number of benzene rings is 1. The van der Waals surface area contributed by atoms with Gasteiger partial charge >= 0.3 is 5.97 Å². The van der Waals surface area contributed by atoms with Gasteiger partial charge in [-0.05, 0) is 51.0 Å². The zero-order chi connectivity index (χ0) is 18.5. The number of aliphatic carboxylic acids is 1. The Bertz CT molecular complexity index is 1070. The number of halogens is 1. The Kier molecular flexibility index (Phi) is 4.21. The minimum absolute atomic E-state index is 0.348. The van der Waals surface area contributed by atoms with Crippen LogP contribution in [0.3, 0.4) is 0 Å². The molecule has 0 fully saturated rings. The fraction of sp³-hybridized carbons (Fsp3) is 0.278. The molecule has 2 aromatic heterocycles. The molecular weight excluding hydrogens is 360 g/mol. The summed E-state index contributed by atoms with van der Waals surface area (Å²) in [5.74, 6) is -0.705. The van der Waals surface area contributed by atoms with Crippen LogP contribution in [-0.2, 0) is 10.3 Å². The zero-order valence-electron chi connectivity index (χ0n) is 14.3. The Hall–Kier alpha value is -2.18. The van der Waals surface area contributed by atoms with Crippen LogP contribution in [0.25, 0.3) is 21.3 Å². The van der Waals surface area contributed by atoms with Gasteiger partial charge in [0.25, 0.3) is 5.56 Å². The van der Waals surface area contributed by atoms with E-state index in [0.717, 1.165) is 16.7 Å². The van der Waals surface area contributed by atoms with Gasteiger partial charge in [0.15, 0.2) is 0 Å². The second kappa shape index (κ2) is 5.97. The Morgan fingerprint density at radius 1 is 1.32 bits per heavy atom. The van der Waals surface area contributed by atoms with Crippen molar-refractivity contribution in [2.24, 2.45) is 0 Å². The van der Waals surface area contributed by atoms with Gasteiger partial charge in [-0.2, -0.15) is 0 Å². The Morgan fingerprint density at radius 2 is 2.00 bits per heavy atom. The van der Waals surface area contributed by atoms with E-state index in [1.54, 1.807) is 13.0 Å². The SMILES string of the molecule is Cc1cc(-c2csc3nc(C)n(C(C)(C)C(=O)O)c(=O)c23)ccc1Cl. The predicted octanol–water partition coefficient (Wildman–Crippen LogP) is 4.21. The number of thiophene rings is 1. The van der Waals surface area contributed by atoms with E-state index in [1.807, 2.05) is 24.4 Å². The number of fused-ring (bicyclic) bond motifs is 1. The van der Waals surface area contributed by atoms with Gasteiger partial charge in [0, 0.05) is 16.0 Å². The van der Waals surface area contributed by atoms with Crippen molar-refractivity contribution in [1.29, 1.82) is 0 Å². The lowest BCUT2D eigenvalue weighted by molar-refractivity contribution is -0.145. The maximum absolute atomic E-state index is 13.1. The van der Waals surface area contributed by atoms with Crippen molar-refractivity contribution in [3.05, 3.63) is 50.3 Å². The zero-order valence-corrected chi connectivity index (χ0v) is 15.8. The van der Waals surface area contributed by atoms with Crippen LogP contribution < -0.4 is 5.56 Å². The molecule has 0 aliphatic heterocycles. The summed E-state index contributed by atoms with van der Waals surface area (Å²) in [5.41, 5.74) is 0.767. The van der Waals surface area contributed by atoms with Crippen molar-refractivity contribution in [2.75, 3.05) is 0 Å². The topological polar surface area (TPSA) is 72.2 Å². The third-order valence-electron chi connectivity index (χ3n) is 4.33. The monoisotopic (exact) mass is 376 g/mol. The molecule has 1 N–H and O–H groups in total. The minimum Gasteiger partial charge on any atom is -0.480 e. The number of aromatic nitrogens is 2. The van der Waals surface area contributed by atoms with Crippen molar-refractivity contribution >= 4 is 39.1 Å². The molecule has 130 valence electrons. The highest BCUT2D eigenvalue weighted by Crippen LogP contribution is 2.33. The van der Waals surface area contributed by atoms with Gasteiger partial charge in [-0.25, -0.2) is 9.78 Å². The van der Waals surface area contributed by atoms with E-state index in [1.165, 1.54) is 29.8 Å². The molecule has 0 unspecified atom stereocenters. The highest BCUT2D eigenvalue weighted by atomic mass is 35.5. The van der Waals surface area contributed by atoms with Crippen LogP contribution in [0.5, 0.6) is 0 Å². The maximum atomic E-state index is 13.1. The summed E-state index contributed by atoms with van der Waals surface area (Å²) in [6.07, 6.45) is 0. The standard InChI is InChI=1S/C18H17ClN2O3S/c1-9-7-11(5-6-13(9)19)12-8-25-15-14(12)16(22)21(10(2)20-15)18(3,4)17(23)24/h5-8H,1-4H3,(H,23,24). The summed E-state index contributed by atoms with van der Waals surface area (Å²) in [6, 6.07) is 5.55. The van der Waals surface area contributed by atoms with Gasteiger partial charge < -0.3 is 5.11 Å². The van der Waals surface area contributed by atoms with Crippen molar-refractivity contribution in [1.82, 2.24) is 9.55 Å². The average molecular weight is 377 g/mol.